The lowest BCUT2D eigenvalue weighted by atomic mass is 10.1. The van der Waals surface area contributed by atoms with Crippen LogP contribution in [-0.4, -0.2) is 25.2 Å². The second-order valence-corrected chi connectivity index (χ2v) is 5.49. The highest BCUT2D eigenvalue weighted by atomic mass is 16.6. The lowest BCUT2D eigenvalue weighted by Gasteiger charge is -2.05. The molecule has 21 heavy (non-hydrogen) atoms. The van der Waals surface area contributed by atoms with Crippen LogP contribution in [0.4, 0.5) is 0 Å². The highest BCUT2D eigenvalue weighted by molar-refractivity contribution is 5.69. The second-order valence-electron chi connectivity index (χ2n) is 5.49. The van der Waals surface area contributed by atoms with Gasteiger partial charge in [0.05, 0.1) is 0 Å². The molecule has 0 aliphatic rings. The minimum Gasteiger partial charge on any atom is -0.462 e. The van der Waals surface area contributed by atoms with Gasteiger partial charge in [-0.1, -0.05) is 64.7 Å². The smallest absolute Gasteiger partial charge is 0.305 e. The minimum absolute atomic E-state index is 0.152. The number of rotatable bonds is 14. The van der Waals surface area contributed by atoms with Gasteiger partial charge in [0, 0.05) is 13.3 Å². The summed E-state index contributed by atoms with van der Waals surface area (Å²) in [6, 6.07) is 0. The Bertz CT molecular complexity index is 264. The average molecular weight is 300 g/mol. The molecular formula is C17H32O4. The number of esters is 2. The maximum Gasteiger partial charge on any atom is 0.305 e. The molecule has 0 saturated heterocycles. The van der Waals surface area contributed by atoms with E-state index in [2.05, 4.69) is 11.7 Å². The van der Waals surface area contributed by atoms with Crippen molar-refractivity contribution >= 4 is 11.9 Å². The third-order valence-corrected chi connectivity index (χ3v) is 3.39. The minimum atomic E-state index is -0.347. The van der Waals surface area contributed by atoms with Gasteiger partial charge in [0.15, 0.2) is 0 Å². The number of ether oxygens (including phenoxy) is 2. The van der Waals surface area contributed by atoms with E-state index in [0.717, 1.165) is 12.8 Å². The fourth-order valence-corrected chi connectivity index (χ4v) is 2.17. The molecule has 0 heterocycles. The number of carbonyl (C=O) groups is 2. The third-order valence-electron chi connectivity index (χ3n) is 3.39. The van der Waals surface area contributed by atoms with Crippen LogP contribution in [0, 0.1) is 0 Å². The Hall–Kier alpha value is -1.06. The molecule has 0 aliphatic carbocycles. The topological polar surface area (TPSA) is 52.6 Å². The summed E-state index contributed by atoms with van der Waals surface area (Å²) in [5.74, 6) is -0.539. The molecule has 4 nitrogen and oxygen atoms in total. The quantitative estimate of drug-likeness (QED) is 0.352. The predicted octanol–water partition coefficient (Wildman–Crippen LogP) is 4.40. The first-order chi connectivity index (χ1) is 10.2. The molecule has 0 rings (SSSR count). The van der Waals surface area contributed by atoms with Gasteiger partial charge in [-0.15, -0.1) is 0 Å². The number of carbonyl (C=O) groups excluding carboxylic acids is 2. The standard InChI is InChI=1S/C17H32O4/c1-3-4-5-6-7-8-9-10-11-12-13-17(19)21-15-14-20-16(2)18/h3-15H2,1-2H3. The van der Waals surface area contributed by atoms with Gasteiger partial charge in [0.2, 0.25) is 0 Å². The molecule has 124 valence electrons. The van der Waals surface area contributed by atoms with Crippen LogP contribution in [0.25, 0.3) is 0 Å². The zero-order valence-electron chi connectivity index (χ0n) is 13.8. The van der Waals surface area contributed by atoms with Crippen molar-refractivity contribution in [3.63, 3.8) is 0 Å². The summed E-state index contributed by atoms with van der Waals surface area (Å²) in [7, 11) is 0. The third kappa shape index (κ3) is 16.9. The van der Waals surface area contributed by atoms with Gasteiger partial charge in [-0.25, -0.2) is 0 Å². The molecule has 0 radical (unpaired) electrons. The molecule has 0 aliphatic heterocycles. The normalized spacial score (nSPS) is 10.4. The average Bonchev–Trinajstić information content (AvgIpc) is 2.45. The number of unbranched alkanes of at least 4 members (excludes halogenated alkanes) is 9. The van der Waals surface area contributed by atoms with E-state index in [4.69, 9.17) is 4.74 Å². The van der Waals surface area contributed by atoms with Crippen molar-refractivity contribution in [2.75, 3.05) is 13.2 Å². The van der Waals surface area contributed by atoms with E-state index in [1.54, 1.807) is 0 Å². The van der Waals surface area contributed by atoms with Crippen LogP contribution in [0.5, 0.6) is 0 Å². The summed E-state index contributed by atoms with van der Waals surface area (Å²) in [5.41, 5.74) is 0. The molecule has 0 fully saturated rings. The summed E-state index contributed by atoms with van der Waals surface area (Å²) < 4.78 is 9.64. The monoisotopic (exact) mass is 300 g/mol. The van der Waals surface area contributed by atoms with E-state index in [0.29, 0.717) is 6.42 Å². The van der Waals surface area contributed by atoms with E-state index >= 15 is 0 Å². The molecule has 0 amide bonds. The largest absolute Gasteiger partial charge is 0.462 e. The molecule has 0 aromatic rings. The van der Waals surface area contributed by atoms with E-state index in [1.165, 1.54) is 58.3 Å². The van der Waals surface area contributed by atoms with E-state index in [9.17, 15) is 9.59 Å². The Labute approximate surface area is 129 Å². The first kappa shape index (κ1) is 19.9. The highest BCUT2D eigenvalue weighted by Gasteiger charge is 2.03. The molecule has 0 saturated carbocycles. The Balaban J connectivity index is 3.16. The molecular weight excluding hydrogens is 268 g/mol. The van der Waals surface area contributed by atoms with Crippen molar-refractivity contribution in [2.24, 2.45) is 0 Å². The van der Waals surface area contributed by atoms with Crippen LogP contribution in [0.15, 0.2) is 0 Å². The zero-order chi connectivity index (χ0) is 15.8. The SMILES string of the molecule is CCCCCCCCCCCCC(=O)OCCOC(C)=O. The van der Waals surface area contributed by atoms with Crippen LogP contribution >= 0.6 is 0 Å². The maximum atomic E-state index is 11.4. The van der Waals surface area contributed by atoms with Crippen LogP contribution in [0.1, 0.15) is 84.5 Å². The molecule has 0 N–H and O–H groups in total. The van der Waals surface area contributed by atoms with Crippen molar-refractivity contribution in [2.45, 2.75) is 84.5 Å². The Kier molecular flexibility index (Phi) is 14.6. The van der Waals surface area contributed by atoms with E-state index in [1.807, 2.05) is 0 Å². The summed E-state index contributed by atoms with van der Waals surface area (Å²) >= 11 is 0. The van der Waals surface area contributed by atoms with Gasteiger partial charge < -0.3 is 9.47 Å². The number of hydrogen-bond acceptors (Lipinski definition) is 4. The van der Waals surface area contributed by atoms with Crippen molar-refractivity contribution in [3.8, 4) is 0 Å². The fraction of sp³-hybridized carbons (Fsp3) is 0.882. The van der Waals surface area contributed by atoms with Crippen LogP contribution in [0.2, 0.25) is 0 Å². The molecule has 0 aromatic heterocycles. The lowest BCUT2D eigenvalue weighted by molar-refractivity contribution is -0.151. The predicted molar refractivity (Wildman–Crippen MR) is 84.1 cm³/mol. The van der Waals surface area contributed by atoms with Gasteiger partial charge in [0.25, 0.3) is 0 Å². The van der Waals surface area contributed by atoms with Crippen LogP contribution in [0.3, 0.4) is 0 Å². The first-order valence-corrected chi connectivity index (χ1v) is 8.45. The van der Waals surface area contributed by atoms with Gasteiger partial charge in [0.1, 0.15) is 13.2 Å². The fourth-order valence-electron chi connectivity index (χ4n) is 2.17. The Morgan fingerprint density at radius 1 is 0.714 bits per heavy atom. The van der Waals surface area contributed by atoms with Gasteiger partial charge >= 0.3 is 11.9 Å². The van der Waals surface area contributed by atoms with Gasteiger partial charge in [-0.3, -0.25) is 9.59 Å². The Morgan fingerprint density at radius 2 is 1.19 bits per heavy atom. The lowest BCUT2D eigenvalue weighted by Crippen LogP contribution is -2.12. The van der Waals surface area contributed by atoms with Crippen molar-refractivity contribution in [1.29, 1.82) is 0 Å². The summed E-state index contributed by atoms with van der Waals surface area (Å²) in [6.45, 7) is 3.89. The van der Waals surface area contributed by atoms with E-state index in [-0.39, 0.29) is 25.2 Å². The summed E-state index contributed by atoms with van der Waals surface area (Å²) in [5, 5.41) is 0. The van der Waals surface area contributed by atoms with Crippen LogP contribution in [-0.2, 0) is 19.1 Å². The van der Waals surface area contributed by atoms with Gasteiger partial charge in [-0.2, -0.15) is 0 Å². The van der Waals surface area contributed by atoms with Gasteiger partial charge in [-0.05, 0) is 6.42 Å². The molecule has 4 heteroatoms. The Morgan fingerprint density at radius 3 is 1.71 bits per heavy atom. The molecule has 0 aromatic carbocycles. The molecule has 0 unspecified atom stereocenters. The molecule has 0 bridgehead atoms. The van der Waals surface area contributed by atoms with Crippen molar-refractivity contribution in [1.82, 2.24) is 0 Å². The van der Waals surface area contributed by atoms with Crippen molar-refractivity contribution < 1.29 is 19.1 Å². The number of hydrogen-bond donors (Lipinski definition) is 0. The maximum absolute atomic E-state index is 11.4. The van der Waals surface area contributed by atoms with Crippen molar-refractivity contribution in [3.05, 3.63) is 0 Å². The van der Waals surface area contributed by atoms with Crippen LogP contribution < -0.4 is 0 Å². The highest BCUT2D eigenvalue weighted by Crippen LogP contribution is 2.11. The molecule has 0 atom stereocenters. The molecule has 0 spiro atoms. The zero-order valence-corrected chi connectivity index (χ0v) is 13.8. The first-order valence-electron chi connectivity index (χ1n) is 8.45. The summed E-state index contributed by atoms with van der Waals surface area (Å²) in [6.07, 6.45) is 13.0. The second kappa shape index (κ2) is 15.3. The summed E-state index contributed by atoms with van der Waals surface area (Å²) in [4.78, 5) is 21.9. The van der Waals surface area contributed by atoms with E-state index < -0.39 is 0 Å².